The van der Waals surface area contributed by atoms with Crippen LogP contribution in [0.1, 0.15) is 45.2 Å². The van der Waals surface area contributed by atoms with Crippen LogP contribution in [0.3, 0.4) is 0 Å². The van der Waals surface area contributed by atoms with Crippen LogP contribution in [0.25, 0.3) is 0 Å². The molecular formula is C18H21F9O. The molecule has 162 valence electrons. The predicted molar refractivity (Wildman–Crippen MR) is 85.0 cm³/mol. The van der Waals surface area contributed by atoms with E-state index >= 15 is 0 Å². The fourth-order valence-corrected chi connectivity index (χ4v) is 2.55. The lowest BCUT2D eigenvalue weighted by molar-refractivity contribution is -0.400. The molecule has 0 saturated heterocycles. The molecule has 0 aliphatic heterocycles. The Bertz CT molecular complexity index is 689. The first-order valence-electron chi connectivity index (χ1n) is 8.09. The molecule has 1 atom stereocenters. The summed E-state index contributed by atoms with van der Waals surface area (Å²) in [5, 5.41) is 0. The molecule has 0 spiro atoms. The maximum absolute atomic E-state index is 14.1. The van der Waals surface area contributed by atoms with Crippen molar-refractivity contribution in [2.75, 3.05) is 7.11 Å². The summed E-state index contributed by atoms with van der Waals surface area (Å²) in [4.78, 5) is 0. The summed E-state index contributed by atoms with van der Waals surface area (Å²) in [6, 6.07) is 5.66. The first kappa shape index (κ1) is 24.6. The molecule has 0 aliphatic rings. The van der Waals surface area contributed by atoms with Gasteiger partial charge < -0.3 is 4.74 Å². The lowest BCUT2D eigenvalue weighted by atomic mass is 9.81. The molecule has 1 aromatic carbocycles. The molecule has 0 N–H and O–H groups in total. The van der Waals surface area contributed by atoms with Crippen LogP contribution in [0.4, 0.5) is 39.5 Å². The summed E-state index contributed by atoms with van der Waals surface area (Å²) in [5.41, 5.74) is -2.19. The van der Waals surface area contributed by atoms with Crippen LogP contribution in [0.2, 0.25) is 0 Å². The number of ether oxygens (including phenoxy) is 1. The predicted octanol–water partition coefficient (Wildman–Crippen LogP) is 6.70. The van der Waals surface area contributed by atoms with Gasteiger partial charge in [0.15, 0.2) is 0 Å². The van der Waals surface area contributed by atoms with E-state index in [1.54, 1.807) is 26.8 Å². The lowest BCUT2D eigenvalue weighted by Gasteiger charge is -2.39. The number of halogens is 9. The molecule has 0 saturated carbocycles. The smallest absolute Gasteiger partial charge is 0.374 e. The minimum Gasteiger partial charge on any atom is -0.374 e. The van der Waals surface area contributed by atoms with Crippen LogP contribution in [-0.2, 0) is 15.8 Å². The second-order valence-corrected chi connectivity index (χ2v) is 7.79. The van der Waals surface area contributed by atoms with Gasteiger partial charge in [0.1, 0.15) is 0 Å². The molecule has 1 aromatic rings. The van der Waals surface area contributed by atoms with E-state index < -0.39 is 41.4 Å². The van der Waals surface area contributed by atoms with Gasteiger partial charge in [-0.15, -0.1) is 0 Å². The molecule has 0 aliphatic carbocycles. The molecule has 28 heavy (non-hydrogen) atoms. The maximum Gasteiger partial charge on any atom is 0.460 e. The topological polar surface area (TPSA) is 9.23 Å². The van der Waals surface area contributed by atoms with E-state index in [4.69, 9.17) is 4.74 Å². The van der Waals surface area contributed by atoms with E-state index in [0.717, 1.165) is 14.0 Å². The molecule has 1 unspecified atom stereocenters. The summed E-state index contributed by atoms with van der Waals surface area (Å²) in [7, 11) is 0.875. The number of methoxy groups -OCH3 is 1. The van der Waals surface area contributed by atoms with Crippen molar-refractivity contribution in [2.24, 2.45) is 0 Å². The van der Waals surface area contributed by atoms with Crippen molar-refractivity contribution in [3.05, 3.63) is 35.4 Å². The van der Waals surface area contributed by atoms with Gasteiger partial charge in [0.2, 0.25) is 0 Å². The average molecular weight is 424 g/mol. The van der Waals surface area contributed by atoms with Crippen LogP contribution in [0.15, 0.2) is 24.3 Å². The van der Waals surface area contributed by atoms with Gasteiger partial charge in [-0.25, -0.2) is 0 Å². The van der Waals surface area contributed by atoms with Gasteiger partial charge in [-0.3, -0.25) is 0 Å². The highest BCUT2D eigenvalue weighted by atomic mass is 19.4. The third-order valence-corrected chi connectivity index (χ3v) is 4.56. The summed E-state index contributed by atoms with van der Waals surface area (Å²) in [6.07, 6.45) is -8.95. The highest BCUT2D eigenvalue weighted by molar-refractivity contribution is 5.32. The third-order valence-electron chi connectivity index (χ3n) is 4.56. The van der Waals surface area contributed by atoms with E-state index in [0.29, 0.717) is 5.56 Å². The zero-order valence-corrected chi connectivity index (χ0v) is 15.8. The van der Waals surface area contributed by atoms with E-state index in [1.807, 2.05) is 0 Å². The monoisotopic (exact) mass is 424 g/mol. The Hall–Kier alpha value is -1.45. The van der Waals surface area contributed by atoms with Crippen LogP contribution >= 0.6 is 0 Å². The third kappa shape index (κ3) is 4.26. The molecule has 0 heterocycles. The number of hydrogen-bond acceptors (Lipinski definition) is 1. The van der Waals surface area contributed by atoms with Gasteiger partial charge in [-0.2, -0.15) is 39.5 Å². The summed E-state index contributed by atoms with van der Waals surface area (Å²) < 4.78 is 124. The SMILES string of the molecule is COC(C)(CC(F)(F)C(F)(F)C(F)(F)C(F)(F)F)c1cccc(C(C)(C)C)c1. The van der Waals surface area contributed by atoms with Crippen LogP contribution in [0, 0.1) is 0 Å². The van der Waals surface area contributed by atoms with Crippen molar-refractivity contribution in [3.8, 4) is 0 Å². The Labute approximate surface area is 156 Å². The maximum atomic E-state index is 14.1. The Morgan fingerprint density at radius 2 is 1.21 bits per heavy atom. The molecule has 1 rings (SSSR count). The number of alkyl halides is 9. The minimum absolute atomic E-state index is 0.0618. The number of rotatable bonds is 6. The lowest BCUT2D eigenvalue weighted by Crippen LogP contribution is -2.62. The van der Waals surface area contributed by atoms with Gasteiger partial charge in [0.05, 0.1) is 12.0 Å². The van der Waals surface area contributed by atoms with Crippen molar-refractivity contribution in [1.29, 1.82) is 0 Å². The van der Waals surface area contributed by atoms with Gasteiger partial charge in [-0.1, -0.05) is 45.0 Å². The first-order chi connectivity index (χ1) is 12.2. The Morgan fingerprint density at radius 3 is 1.61 bits per heavy atom. The Morgan fingerprint density at radius 1 is 0.750 bits per heavy atom. The molecule has 10 heteroatoms. The van der Waals surface area contributed by atoms with Crippen molar-refractivity contribution in [2.45, 2.75) is 69.1 Å². The van der Waals surface area contributed by atoms with Crippen molar-refractivity contribution < 1.29 is 44.3 Å². The van der Waals surface area contributed by atoms with Crippen molar-refractivity contribution in [1.82, 2.24) is 0 Å². The molecule has 0 amide bonds. The molecule has 0 radical (unpaired) electrons. The summed E-state index contributed by atoms with van der Waals surface area (Å²) in [6.45, 7) is 6.26. The molecule has 0 bridgehead atoms. The van der Waals surface area contributed by atoms with Gasteiger partial charge in [0.25, 0.3) is 0 Å². The number of benzene rings is 1. The second-order valence-electron chi connectivity index (χ2n) is 7.79. The first-order valence-corrected chi connectivity index (χ1v) is 8.09. The zero-order valence-electron chi connectivity index (χ0n) is 15.8. The van der Waals surface area contributed by atoms with E-state index in [-0.39, 0.29) is 5.56 Å². The molecule has 0 fully saturated rings. The highest BCUT2D eigenvalue weighted by Crippen LogP contribution is 2.56. The molecular weight excluding hydrogens is 403 g/mol. The fraction of sp³-hybridized carbons (Fsp3) is 0.667. The second kappa shape index (κ2) is 7.11. The minimum atomic E-state index is -6.93. The van der Waals surface area contributed by atoms with Gasteiger partial charge in [0, 0.05) is 7.11 Å². The number of hydrogen-bond donors (Lipinski definition) is 0. The van der Waals surface area contributed by atoms with Crippen molar-refractivity contribution >= 4 is 0 Å². The molecule has 0 aromatic heterocycles. The highest BCUT2D eigenvalue weighted by Gasteiger charge is 2.82. The zero-order chi connectivity index (χ0) is 22.4. The van der Waals surface area contributed by atoms with E-state index in [1.165, 1.54) is 18.2 Å². The van der Waals surface area contributed by atoms with Gasteiger partial charge in [-0.05, 0) is 23.5 Å². The van der Waals surface area contributed by atoms with E-state index in [9.17, 15) is 39.5 Å². The average Bonchev–Trinajstić information content (AvgIpc) is 2.52. The Balaban J connectivity index is 3.41. The fourth-order valence-electron chi connectivity index (χ4n) is 2.55. The largest absolute Gasteiger partial charge is 0.460 e. The Kier molecular flexibility index (Phi) is 6.24. The van der Waals surface area contributed by atoms with Crippen LogP contribution in [0.5, 0.6) is 0 Å². The van der Waals surface area contributed by atoms with Crippen LogP contribution < -0.4 is 0 Å². The normalized spacial score (nSPS) is 16.8. The van der Waals surface area contributed by atoms with Gasteiger partial charge >= 0.3 is 23.9 Å². The summed E-state index contributed by atoms with van der Waals surface area (Å²) >= 11 is 0. The summed E-state index contributed by atoms with van der Waals surface area (Å²) in [5.74, 6) is -19.3. The standard InChI is InChI=1S/C18H21F9O/c1-13(2,3)11-7-6-8-12(9-11)14(4,28-5)10-15(19,20)16(21,22)17(23,24)18(25,26)27/h6-9H,10H2,1-5H3. The quantitative estimate of drug-likeness (QED) is 0.462. The molecule has 1 nitrogen and oxygen atoms in total. The van der Waals surface area contributed by atoms with E-state index in [2.05, 4.69) is 0 Å². The van der Waals surface area contributed by atoms with Crippen molar-refractivity contribution in [3.63, 3.8) is 0 Å². The van der Waals surface area contributed by atoms with Crippen LogP contribution in [-0.4, -0.2) is 31.1 Å².